The van der Waals surface area contributed by atoms with Gasteiger partial charge in [-0.05, 0) is 62.8 Å². The monoisotopic (exact) mass is 478 g/mol. The van der Waals surface area contributed by atoms with Gasteiger partial charge in [0.25, 0.3) is 5.91 Å². The molecular formula is C23H29F3N6O2. The lowest BCUT2D eigenvalue weighted by Crippen LogP contribution is -2.42. The second-order valence-corrected chi connectivity index (χ2v) is 9.54. The molecule has 1 amide bonds. The zero-order valence-corrected chi connectivity index (χ0v) is 19.1. The van der Waals surface area contributed by atoms with Crippen LogP contribution in [0, 0.1) is 0 Å². The van der Waals surface area contributed by atoms with Crippen molar-refractivity contribution >= 4 is 23.4 Å². The quantitative estimate of drug-likeness (QED) is 0.520. The van der Waals surface area contributed by atoms with Crippen molar-refractivity contribution in [2.45, 2.75) is 76.5 Å². The van der Waals surface area contributed by atoms with E-state index in [9.17, 15) is 23.1 Å². The molecule has 34 heavy (non-hydrogen) atoms. The molecule has 2 aromatic rings. The van der Waals surface area contributed by atoms with Gasteiger partial charge in [-0.15, -0.1) is 0 Å². The number of nitrogens with one attached hydrogen (secondary N) is 2. The van der Waals surface area contributed by atoms with Crippen molar-refractivity contribution in [3.05, 3.63) is 41.1 Å². The minimum Gasteiger partial charge on any atom is -0.381 e. The van der Waals surface area contributed by atoms with Crippen LogP contribution in [0.4, 0.5) is 30.6 Å². The van der Waals surface area contributed by atoms with Crippen LogP contribution >= 0.6 is 0 Å². The third-order valence-electron chi connectivity index (χ3n) is 6.20. The molecule has 11 heteroatoms. The largest absolute Gasteiger partial charge is 0.421 e. The van der Waals surface area contributed by atoms with Gasteiger partial charge in [-0.3, -0.25) is 4.79 Å². The lowest BCUT2D eigenvalue weighted by Gasteiger charge is -2.28. The third kappa shape index (κ3) is 5.41. The van der Waals surface area contributed by atoms with Crippen LogP contribution in [-0.2, 0) is 24.1 Å². The van der Waals surface area contributed by atoms with Crippen molar-refractivity contribution in [2.75, 3.05) is 10.6 Å². The number of aliphatic hydroxyl groups is 1. The van der Waals surface area contributed by atoms with Crippen molar-refractivity contribution in [1.82, 2.24) is 14.9 Å². The van der Waals surface area contributed by atoms with E-state index < -0.39 is 17.3 Å². The van der Waals surface area contributed by atoms with Gasteiger partial charge in [-0.1, -0.05) is 6.07 Å². The summed E-state index contributed by atoms with van der Waals surface area (Å²) >= 11 is 0. The zero-order valence-electron chi connectivity index (χ0n) is 19.1. The molecule has 8 nitrogen and oxygen atoms in total. The first-order chi connectivity index (χ1) is 15.9. The predicted molar refractivity (Wildman–Crippen MR) is 121 cm³/mol. The number of amides is 1. The van der Waals surface area contributed by atoms with Crippen molar-refractivity contribution in [2.24, 2.45) is 5.73 Å². The molecule has 184 valence electrons. The van der Waals surface area contributed by atoms with Crippen molar-refractivity contribution in [1.29, 1.82) is 0 Å². The topological polar surface area (TPSA) is 116 Å². The Balaban J connectivity index is 1.52. The highest BCUT2D eigenvalue weighted by atomic mass is 19.4. The fourth-order valence-electron chi connectivity index (χ4n) is 4.35. The maximum atomic E-state index is 13.5. The van der Waals surface area contributed by atoms with E-state index in [1.807, 2.05) is 12.1 Å². The lowest BCUT2D eigenvalue weighted by molar-refractivity contribution is -0.148. The van der Waals surface area contributed by atoms with E-state index in [4.69, 9.17) is 5.73 Å². The number of rotatable bonds is 5. The fraction of sp³-hybridized carbons (Fsp3) is 0.522. The lowest BCUT2D eigenvalue weighted by atomic mass is 9.92. The maximum absolute atomic E-state index is 13.5. The molecule has 1 aliphatic carbocycles. The first kappa shape index (κ1) is 24.2. The Morgan fingerprint density at radius 2 is 1.82 bits per heavy atom. The van der Waals surface area contributed by atoms with Gasteiger partial charge < -0.3 is 26.4 Å². The van der Waals surface area contributed by atoms with Gasteiger partial charge in [0.1, 0.15) is 17.0 Å². The van der Waals surface area contributed by atoms with Crippen LogP contribution in [0.25, 0.3) is 0 Å². The van der Waals surface area contributed by atoms with Crippen LogP contribution in [-0.4, -0.2) is 43.6 Å². The summed E-state index contributed by atoms with van der Waals surface area (Å²) in [5.74, 6) is -0.595. The first-order valence-electron chi connectivity index (χ1n) is 11.3. The number of aromatic nitrogens is 2. The molecule has 0 spiro atoms. The fourth-order valence-corrected chi connectivity index (χ4v) is 4.35. The molecule has 0 unspecified atom stereocenters. The first-order valence-corrected chi connectivity index (χ1v) is 11.3. The van der Waals surface area contributed by atoms with Crippen LogP contribution in [0.5, 0.6) is 0 Å². The molecule has 0 atom stereocenters. The van der Waals surface area contributed by atoms with Crippen LogP contribution in [0.1, 0.15) is 56.2 Å². The van der Waals surface area contributed by atoms with Gasteiger partial charge in [0.2, 0.25) is 5.95 Å². The number of fused-ring (bicyclic) bond motifs is 1. The van der Waals surface area contributed by atoms with E-state index in [2.05, 4.69) is 20.6 Å². The molecule has 0 saturated heterocycles. The molecule has 1 aromatic heterocycles. The summed E-state index contributed by atoms with van der Waals surface area (Å²) in [5.41, 5.74) is 5.93. The van der Waals surface area contributed by atoms with Gasteiger partial charge in [0.15, 0.2) is 0 Å². The zero-order chi connectivity index (χ0) is 24.7. The van der Waals surface area contributed by atoms with E-state index in [0.29, 0.717) is 31.6 Å². The Kier molecular flexibility index (Phi) is 6.43. The summed E-state index contributed by atoms with van der Waals surface area (Å²) in [5, 5.41) is 15.9. The average molecular weight is 479 g/mol. The highest BCUT2D eigenvalue weighted by Crippen LogP contribution is 2.35. The molecular weight excluding hydrogens is 449 g/mol. The van der Waals surface area contributed by atoms with E-state index in [1.165, 1.54) is 13.8 Å². The number of halogens is 3. The predicted octanol–water partition coefficient (Wildman–Crippen LogP) is 3.53. The Hall–Kier alpha value is -2.92. The third-order valence-corrected chi connectivity index (χ3v) is 6.20. The maximum Gasteiger partial charge on any atom is 0.421 e. The van der Waals surface area contributed by atoms with Crippen LogP contribution in [0.2, 0.25) is 0 Å². The normalized spacial score (nSPS) is 20.7. The Morgan fingerprint density at radius 1 is 1.15 bits per heavy atom. The second-order valence-electron chi connectivity index (χ2n) is 9.54. The Morgan fingerprint density at radius 3 is 2.47 bits per heavy atom. The SMILES string of the molecule is CC(C)(O)C(=O)N1Cc2ccc(Nc3ncc(C(F)(F)F)c(NC4CCC(N)CC4)n3)cc2C1. The molecule has 2 heterocycles. The van der Waals surface area contributed by atoms with Crippen LogP contribution < -0.4 is 16.4 Å². The molecule has 4 rings (SSSR count). The van der Waals surface area contributed by atoms with Crippen molar-refractivity contribution in [3.8, 4) is 0 Å². The second kappa shape index (κ2) is 9.03. The smallest absolute Gasteiger partial charge is 0.381 e. The minimum atomic E-state index is -4.59. The van der Waals surface area contributed by atoms with E-state index in [0.717, 1.165) is 30.2 Å². The summed E-state index contributed by atoms with van der Waals surface area (Å²) in [7, 11) is 0. The number of benzene rings is 1. The van der Waals surface area contributed by atoms with Gasteiger partial charge >= 0.3 is 6.18 Å². The molecule has 1 fully saturated rings. The van der Waals surface area contributed by atoms with E-state index in [1.54, 1.807) is 11.0 Å². The molecule has 2 aliphatic rings. The van der Waals surface area contributed by atoms with E-state index >= 15 is 0 Å². The summed E-state index contributed by atoms with van der Waals surface area (Å²) in [6.07, 6.45) is -0.959. The van der Waals surface area contributed by atoms with Gasteiger partial charge in [-0.2, -0.15) is 18.2 Å². The molecule has 1 aromatic carbocycles. The number of carbonyl (C=O) groups excluding carboxylic acids is 1. The number of nitrogens with two attached hydrogens (primary N) is 1. The molecule has 0 bridgehead atoms. The summed E-state index contributed by atoms with van der Waals surface area (Å²) < 4.78 is 40.6. The van der Waals surface area contributed by atoms with Crippen LogP contribution in [0.15, 0.2) is 24.4 Å². The molecule has 1 saturated carbocycles. The van der Waals surface area contributed by atoms with Gasteiger partial charge in [0.05, 0.1) is 0 Å². The Labute approximate surface area is 195 Å². The standard InChI is InChI=1S/C23H29F3N6O2/c1-22(2,34)20(33)32-11-13-3-6-17(9-14(13)12-32)30-21-28-10-18(23(24,25)26)19(31-21)29-16-7-4-15(27)5-8-16/h3,6,9-10,15-16,34H,4-5,7-8,11-12,27H2,1-2H3,(H2,28,29,30,31). The highest BCUT2D eigenvalue weighted by molar-refractivity contribution is 5.84. The molecule has 0 radical (unpaired) electrons. The van der Waals surface area contributed by atoms with Crippen molar-refractivity contribution in [3.63, 3.8) is 0 Å². The average Bonchev–Trinajstić information content (AvgIpc) is 3.17. The number of carbonyl (C=O) groups is 1. The number of alkyl halides is 3. The van der Waals surface area contributed by atoms with Crippen LogP contribution in [0.3, 0.4) is 0 Å². The summed E-state index contributed by atoms with van der Waals surface area (Å²) in [6.45, 7) is 3.60. The summed E-state index contributed by atoms with van der Waals surface area (Å²) in [6, 6.07) is 5.35. The minimum absolute atomic E-state index is 0.0328. The number of nitrogens with zero attached hydrogens (tertiary/aromatic N) is 3. The van der Waals surface area contributed by atoms with Gasteiger partial charge in [0, 0.05) is 37.1 Å². The highest BCUT2D eigenvalue weighted by Gasteiger charge is 2.36. The number of hydrogen-bond donors (Lipinski definition) is 4. The van der Waals surface area contributed by atoms with Crippen molar-refractivity contribution < 1.29 is 23.1 Å². The van der Waals surface area contributed by atoms with E-state index in [-0.39, 0.29) is 29.8 Å². The van der Waals surface area contributed by atoms with Gasteiger partial charge in [-0.25, -0.2) is 4.98 Å². The summed E-state index contributed by atoms with van der Waals surface area (Å²) in [4.78, 5) is 21.9. The molecule has 1 aliphatic heterocycles. The number of hydrogen-bond acceptors (Lipinski definition) is 7. The number of anilines is 3. The molecule has 5 N–H and O–H groups in total. The Bertz CT molecular complexity index is 1060.